The van der Waals surface area contributed by atoms with Gasteiger partial charge in [-0.3, -0.25) is 9.48 Å². The maximum Gasteiger partial charge on any atom is 0.268 e. The zero-order valence-corrected chi connectivity index (χ0v) is 32.8. The Kier molecular flexibility index (Phi) is 8.36. The first-order valence-electron chi connectivity index (χ1n) is 19.3. The molecule has 4 aliphatic carbocycles. The molecule has 1 amide bonds. The van der Waals surface area contributed by atoms with Crippen molar-refractivity contribution in [2.75, 3.05) is 37.0 Å². The quantitative estimate of drug-likeness (QED) is 0.118. The van der Waals surface area contributed by atoms with E-state index in [1.807, 2.05) is 43.6 Å². The first-order valence-corrected chi connectivity index (χ1v) is 20.1. The Bertz CT molecular complexity index is 2230. The summed E-state index contributed by atoms with van der Waals surface area (Å²) in [6, 6.07) is 12.0. The molecule has 0 radical (unpaired) electrons. The van der Waals surface area contributed by atoms with Crippen LogP contribution < -0.4 is 21.3 Å². The lowest BCUT2D eigenvalue weighted by atomic mass is 9.39. The van der Waals surface area contributed by atoms with Crippen molar-refractivity contribution in [3.05, 3.63) is 65.1 Å². The topological polar surface area (TPSA) is 149 Å². The number of carbonyl (C=O) groups excluding carboxylic acids is 1. The smallest absolute Gasteiger partial charge is 0.268 e. The largest absolute Gasteiger partial charge is 0.374 e. The fourth-order valence-electron chi connectivity index (χ4n) is 11.7. The van der Waals surface area contributed by atoms with Gasteiger partial charge in [-0.05, 0) is 113 Å². The average Bonchev–Trinajstić information content (AvgIpc) is 3.69. The van der Waals surface area contributed by atoms with Crippen molar-refractivity contribution in [3.8, 4) is 11.1 Å². The third kappa shape index (κ3) is 6.04. The van der Waals surface area contributed by atoms with Crippen LogP contribution in [0, 0.1) is 30.1 Å². The predicted octanol–water partition coefficient (Wildman–Crippen LogP) is 7.24. The molecule has 1 aromatic carbocycles. The van der Waals surface area contributed by atoms with E-state index in [4.69, 9.17) is 30.6 Å². The van der Waals surface area contributed by atoms with Crippen molar-refractivity contribution in [1.29, 1.82) is 0 Å². The zero-order chi connectivity index (χ0) is 37.5. The third-order valence-electron chi connectivity index (χ3n) is 12.6. The highest BCUT2D eigenvalue weighted by Gasteiger charge is 2.66. The molecule has 13 heteroatoms. The number of benzene rings is 1. The van der Waals surface area contributed by atoms with E-state index in [1.54, 1.807) is 11.3 Å². The number of ether oxygens (including phenoxy) is 1. The highest BCUT2D eigenvalue weighted by molar-refractivity contribution is 7.22. The van der Waals surface area contributed by atoms with Crippen molar-refractivity contribution >= 4 is 50.0 Å². The number of aromatic nitrogens is 6. The minimum absolute atomic E-state index is 0.0810. The molecule has 10 rings (SSSR count). The summed E-state index contributed by atoms with van der Waals surface area (Å²) in [5, 5.41) is 21.7. The average molecular weight is 747 g/mol. The van der Waals surface area contributed by atoms with Gasteiger partial charge >= 0.3 is 0 Å². The molecular formula is C41H50N10O2S. The van der Waals surface area contributed by atoms with Crippen molar-refractivity contribution in [2.45, 2.75) is 91.2 Å². The van der Waals surface area contributed by atoms with E-state index < -0.39 is 5.91 Å². The molecule has 4 saturated carbocycles. The number of primary amides is 1. The number of nitrogens with one attached hydrogen (secondary N) is 2. The first kappa shape index (κ1) is 35.3. The Morgan fingerprint density at radius 1 is 0.981 bits per heavy atom. The Balaban J connectivity index is 0.991. The van der Waals surface area contributed by atoms with Crippen LogP contribution in [0.1, 0.15) is 86.1 Å². The summed E-state index contributed by atoms with van der Waals surface area (Å²) in [5.41, 5.74) is 12.5. The van der Waals surface area contributed by atoms with Crippen LogP contribution in [0.15, 0.2) is 42.6 Å². The molecule has 54 heavy (non-hydrogen) atoms. The molecule has 2 unspecified atom stereocenters. The lowest BCUT2D eigenvalue weighted by Crippen LogP contribution is -2.64. The van der Waals surface area contributed by atoms with Gasteiger partial charge in [-0.1, -0.05) is 37.3 Å². The van der Waals surface area contributed by atoms with Gasteiger partial charge in [0.1, 0.15) is 11.5 Å². The van der Waals surface area contributed by atoms with Crippen LogP contribution in [0.2, 0.25) is 0 Å². The molecule has 282 valence electrons. The number of nitrogens with two attached hydrogens (primary N) is 1. The number of carbonyl (C=O) groups is 1. The summed E-state index contributed by atoms with van der Waals surface area (Å²) >= 11 is 1.59. The van der Waals surface area contributed by atoms with E-state index in [0.717, 1.165) is 95.4 Å². The summed E-state index contributed by atoms with van der Waals surface area (Å²) in [6.45, 7) is 12.3. The second-order valence-corrected chi connectivity index (χ2v) is 18.4. The highest BCUT2D eigenvalue weighted by Crippen LogP contribution is 2.72. The second-order valence-electron chi connectivity index (χ2n) is 17.4. The molecule has 0 saturated heterocycles. The van der Waals surface area contributed by atoms with Crippen LogP contribution in [0.4, 0.5) is 22.6 Å². The number of hydrogen-bond donors (Lipinski definition) is 3. The number of nitrogens with zero attached hydrogens (tertiary/aromatic N) is 7. The molecule has 1 aliphatic heterocycles. The van der Waals surface area contributed by atoms with Gasteiger partial charge in [0, 0.05) is 47.6 Å². The van der Waals surface area contributed by atoms with Gasteiger partial charge in [0.15, 0.2) is 16.8 Å². The molecule has 4 bridgehead atoms. The number of likely N-dealkylation sites (N-methyl/N-ethyl adjacent to an activating group) is 1. The molecule has 4 N–H and O–H groups in total. The molecule has 12 nitrogen and oxygen atoms in total. The number of rotatable bonds is 11. The van der Waals surface area contributed by atoms with Gasteiger partial charge in [-0.2, -0.15) is 5.10 Å². The number of fused-ring (bicyclic) bond motifs is 2. The summed E-state index contributed by atoms with van der Waals surface area (Å²) in [6.07, 6.45) is 10.6. The van der Waals surface area contributed by atoms with Gasteiger partial charge in [-0.15, -0.1) is 10.2 Å². The standard InChI is InChI=1S/C41H50N10O2S/c1-25-27-9-8-15-50(36(27)49-48-35(25)47-37-45-30-10-6-7-11-31(30)54-37)32-13-12-28(33(46-32)34(42)52)29-17-44-51(26(29)2)24-40-19-38(3)18-39(4,20-40)22-41(21-38,23-40)53-16-14-43-5/h6-7,10-13,17,43H,8-9,14-16,18-24H2,1-5H3,(H2,42,52)(H,45,47,48)/t38-,39+,40?,41?. The minimum Gasteiger partial charge on any atom is -0.374 e. The fourth-order valence-corrected chi connectivity index (χ4v) is 12.5. The lowest BCUT2D eigenvalue weighted by molar-refractivity contribution is -0.247. The van der Waals surface area contributed by atoms with Crippen molar-refractivity contribution in [1.82, 2.24) is 35.3 Å². The maximum atomic E-state index is 13.1. The summed E-state index contributed by atoms with van der Waals surface area (Å²) in [5.74, 6) is 1.49. The molecule has 5 aliphatic rings. The zero-order valence-electron chi connectivity index (χ0n) is 32.0. The van der Waals surface area contributed by atoms with Crippen molar-refractivity contribution < 1.29 is 9.53 Å². The molecule has 4 atom stereocenters. The lowest BCUT2D eigenvalue weighted by Gasteiger charge is -2.69. The molecule has 4 aromatic heterocycles. The molecule has 4 fully saturated rings. The molecular weight excluding hydrogens is 697 g/mol. The van der Waals surface area contributed by atoms with Crippen LogP contribution in [0.5, 0.6) is 0 Å². The Morgan fingerprint density at radius 3 is 2.54 bits per heavy atom. The van der Waals surface area contributed by atoms with Crippen LogP contribution in [-0.4, -0.2) is 68.2 Å². The predicted molar refractivity (Wildman–Crippen MR) is 213 cm³/mol. The van der Waals surface area contributed by atoms with Crippen molar-refractivity contribution in [3.63, 3.8) is 0 Å². The van der Waals surface area contributed by atoms with Crippen LogP contribution in [0.25, 0.3) is 21.3 Å². The number of para-hydroxylation sites is 1. The van der Waals surface area contributed by atoms with Gasteiger partial charge in [-0.25, -0.2) is 9.97 Å². The number of anilines is 4. The molecule has 5 aromatic rings. The third-order valence-corrected chi connectivity index (χ3v) is 13.5. The van der Waals surface area contributed by atoms with Gasteiger partial charge in [0.25, 0.3) is 5.91 Å². The van der Waals surface area contributed by atoms with Gasteiger partial charge in [0.2, 0.25) is 0 Å². The first-order chi connectivity index (χ1) is 25.9. The van der Waals surface area contributed by atoms with E-state index in [2.05, 4.69) is 59.1 Å². The Hall–Kier alpha value is -4.46. The second kappa shape index (κ2) is 12.8. The van der Waals surface area contributed by atoms with Crippen LogP contribution in [-0.2, 0) is 17.7 Å². The minimum atomic E-state index is -0.573. The summed E-state index contributed by atoms with van der Waals surface area (Å²) in [4.78, 5) is 24.8. The fraction of sp³-hybridized carbons (Fsp3) is 0.512. The van der Waals surface area contributed by atoms with E-state index in [1.165, 1.54) is 19.3 Å². The number of pyridine rings is 1. The maximum absolute atomic E-state index is 13.1. The number of amides is 1. The van der Waals surface area contributed by atoms with Gasteiger partial charge in [0.05, 0.1) is 28.6 Å². The Morgan fingerprint density at radius 2 is 1.78 bits per heavy atom. The van der Waals surface area contributed by atoms with Crippen LogP contribution in [0.3, 0.4) is 0 Å². The van der Waals surface area contributed by atoms with E-state index in [-0.39, 0.29) is 27.5 Å². The van der Waals surface area contributed by atoms with E-state index in [9.17, 15) is 4.79 Å². The van der Waals surface area contributed by atoms with Gasteiger partial charge < -0.3 is 26.0 Å². The highest BCUT2D eigenvalue weighted by atomic mass is 32.1. The summed E-state index contributed by atoms with van der Waals surface area (Å²) < 4.78 is 10.1. The number of thiazole rings is 1. The van der Waals surface area contributed by atoms with E-state index >= 15 is 0 Å². The van der Waals surface area contributed by atoms with Crippen LogP contribution >= 0.6 is 11.3 Å². The number of hydrogen-bond acceptors (Lipinski definition) is 11. The van der Waals surface area contributed by atoms with E-state index in [0.29, 0.717) is 23.7 Å². The SMILES string of the molecule is CNCCOC12CC3(Cn4ncc(-c5ccc(N6CCCc7c6nnc(Nc6nc8ccccc8s6)c7C)nc5C(N)=O)c4C)C[C@@](C)(C1)C[C@](C)(C3)C2. The summed E-state index contributed by atoms with van der Waals surface area (Å²) in [7, 11) is 1.99. The monoisotopic (exact) mass is 746 g/mol. The Labute approximate surface area is 320 Å². The molecule has 5 heterocycles. The normalized spacial score (nSPS) is 27.1. The van der Waals surface area contributed by atoms with Crippen molar-refractivity contribution in [2.24, 2.45) is 22.0 Å². The molecule has 0 spiro atoms.